The summed E-state index contributed by atoms with van der Waals surface area (Å²) >= 11 is 5.08. The number of halogens is 13. The molecule has 0 aromatic heterocycles. The summed E-state index contributed by atoms with van der Waals surface area (Å²) in [6, 6.07) is -1.61. The van der Waals surface area contributed by atoms with Crippen LogP contribution < -0.4 is 5.73 Å². The highest BCUT2D eigenvalue weighted by Gasteiger charge is 2.82. The second-order valence-electron chi connectivity index (χ2n) is 5.05. The van der Waals surface area contributed by atoms with Crippen LogP contribution in [0.2, 0.25) is 5.02 Å². The molecule has 0 fully saturated rings. The lowest BCUT2D eigenvalue weighted by molar-refractivity contribution is -0.389. The van der Waals surface area contributed by atoms with Gasteiger partial charge in [-0.3, -0.25) is 0 Å². The Labute approximate surface area is 152 Å². The molecule has 0 heterocycles. The lowest BCUT2D eigenvalue weighted by Crippen LogP contribution is -2.59. The first-order valence-corrected chi connectivity index (χ1v) is 8.00. The molecule has 0 aliphatic heterocycles. The topological polar surface area (TPSA) is 60.2 Å². The Morgan fingerprint density at radius 2 is 1.21 bits per heavy atom. The van der Waals surface area contributed by atoms with Crippen LogP contribution in [-0.4, -0.2) is 32.2 Å². The summed E-state index contributed by atoms with van der Waals surface area (Å²) in [5.41, 5.74) is -12.6. The molecule has 2 N–H and O–H groups in total. The Balaban J connectivity index is 4.07. The summed E-state index contributed by atoms with van der Waals surface area (Å²) < 4.78 is 177. The van der Waals surface area contributed by atoms with Gasteiger partial charge in [0.25, 0.3) is 9.84 Å². The first-order valence-electron chi connectivity index (χ1n) is 6.14. The zero-order valence-electron chi connectivity index (χ0n) is 12.4. The number of rotatable bonds is 3. The number of hydrogen-bond donors (Lipinski definition) is 1. The average Bonchev–Trinajstić information content (AvgIpc) is 2.44. The lowest BCUT2D eigenvalue weighted by atomic mass is 9.87. The van der Waals surface area contributed by atoms with Gasteiger partial charge in [-0.1, -0.05) is 11.6 Å². The zero-order valence-corrected chi connectivity index (χ0v) is 13.9. The maximum Gasteiger partial charge on any atom is 0.501 e. The largest absolute Gasteiger partial charge is 0.501 e. The number of nitrogen functional groups attached to an aromatic ring is 1. The quantitative estimate of drug-likeness (QED) is 0.484. The van der Waals surface area contributed by atoms with E-state index in [1.54, 1.807) is 0 Å². The summed E-state index contributed by atoms with van der Waals surface area (Å²) in [7, 11) is -6.71. The highest BCUT2D eigenvalue weighted by atomic mass is 35.5. The van der Waals surface area contributed by atoms with E-state index in [1.807, 2.05) is 0 Å². The summed E-state index contributed by atoms with van der Waals surface area (Å²) in [5.74, 6) is -7.25. The van der Waals surface area contributed by atoms with Gasteiger partial charge in [0.1, 0.15) is 4.90 Å². The predicted molar refractivity (Wildman–Crippen MR) is 68.9 cm³/mol. The van der Waals surface area contributed by atoms with E-state index in [0.29, 0.717) is 0 Å². The molecule has 0 saturated heterocycles. The average molecular weight is 478 g/mol. The van der Waals surface area contributed by atoms with Gasteiger partial charge in [0.05, 0.1) is 10.7 Å². The van der Waals surface area contributed by atoms with Crippen LogP contribution >= 0.6 is 11.6 Å². The number of hydrogen-bond acceptors (Lipinski definition) is 3. The summed E-state index contributed by atoms with van der Waals surface area (Å²) in [6.07, 6.45) is -14.3. The normalized spacial score (nSPS) is 16.8. The van der Waals surface area contributed by atoms with Crippen LogP contribution in [0.3, 0.4) is 0 Å². The van der Waals surface area contributed by atoms with Crippen molar-refractivity contribution in [2.75, 3.05) is 5.73 Å². The van der Waals surface area contributed by atoms with Gasteiger partial charge in [0.2, 0.25) is 0 Å². The van der Waals surface area contributed by atoms with Gasteiger partial charge in [-0.05, 0) is 12.1 Å². The van der Waals surface area contributed by atoms with Gasteiger partial charge in [0.15, 0.2) is 0 Å². The molecule has 0 saturated carbocycles. The molecule has 28 heavy (non-hydrogen) atoms. The van der Waals surface area contributed by atoms with E-state index in [4.69, 9.17) is 17.3 Å². The molecule has 17 heteroatoms. The Kier molecular flexibility index (Phi) is 5.65. The van der Waals surface area contributed by atoms with Crippen molar-refractivity contribution in [1.29, 1.82) is 0 Å². The fourth-order valence-electron chi connectivity index (χ4n) is 1.86. The van der Waals surface area contributed by atoms with Crippen molar-refractivity contribution in [1.82, 2.24) is 0 Å². The lowest BCUT2D eigenvalue weighted by Gasteiger charge is -2.36. The first kappa shape index (κ1) is 24.5. The van der Waals surface area contributed by atoms with E-state index < -0.39 is 72.6 Å². The fraction of sp³-hybridized carbons (Fsp3) is 0.455. The van der Waals surface area contributed by atoms with Gasteiger partial charge in [-0.25, -0.2) is 12.8 Å². The molecule has 1 unspecified atom stereocenters. The van der Waals surface area contributed by atoms with Crippen LogP contribution in [0, 0.1) is 0 Å². The minimum atomic E-state index is -7.25. The minimum absolute atomic E-state index is 0.584. The molecule has 1 aromatic carbocycles. The number of alkyl halides is 12. The second kappa shape index (κ2) is 6.47. The molecular formula is C11H4ClF12NO2S. The summed E-state index contributed by atoms with van der Waals surface area (Å²) in [4.78, 5) is -2.44. The zero-order chi connectivity index (χ0) is 22.7. The van der Waals surface area contributed by atoms with Gasteiger partial charge < -0.3 is 5.73 Å². The van der Waals surface area contributed by atoms with Crippen LogP contribution in [0.15, 0.2) is 17.0 Å². The van der Waals surface area contributed by atoms with Crippen molar-refractivity contribution in [3.05, 3.63) is 22.7 Å². The SMILES string of the molecule is Nc1c(Cl)cc(C(F)(C(F)(F)F)C(F)(F)C(F)(F)F)cc1S(=O)(=O)C(F)(F)F. The molecule has 162 valence electrons. The highest BCUT2D eigenvalue weighted by molar-refractivity contribution is 7.92. The van der Waals surface area contributed by atoms with Crippen molar-refractivity contribution in [2.24, 2.45) is 0 Å². The van der Waals surface area contributed by atoms with Gasteiger partial charge >= 0.3 is 29.5 Å². The molecule has 0 radical (unpaired) electrons. The van der Waals surface area contributed by atoms with Crippen LogP contribution in [0.25, 0.3) is 0 Å². The smallest absolute Gasteiger partial charge is 0.396 e. The summed E-state index contributed by atoms with van der Waals surface area (Å²) in [5, 5.41) is -1.65. The van der Waals surface area contributed by atoms with E-state index in [2.05, 4.69) is 0 Å². The number of benzene rings is 1. The highest BCUT2D eigenvalue weighted by Crippen LogP contribution is 2.59. The molecule has 1 rings (SSSR count). The van der Waals surface area contributed by atoms with E-state index in [0.717, 1.165) is 0 Å². The molecule has 0 spiro atoms. The van der Waals surface area contributed by atoms with Crippen molar-refractivity contribution in [2.45, 2.75) is 34.3 Å². The van der Waals surface area contributed by atoms with E-state index in [-0.39, 0.29) is 0 Å². The molecule has 0 aliphatic carbocycles. The maximum absolute atomic E-state index is 14.3. The van der Waals surface area contributed by atoms with Crippen LogP contribution in [0.5, 0.6) is 0 Å². The standard InChI is InChI=1S/C11H4ClF12NO2S/c12-4-1-3(2-5(6(4)25)28(26,27)11(22,23)24)7(13,9(16,17)18)8(14,15)10(19,20)21/h1-2H,25H2. The van der Waals surface area contributed by atoms with E-state index in [9.17, 15) is 61.1 Å². The van der Waals surface area contributed by atoms with Crippen LogP contribution in [0.4, 0.5) is 58.4 Å². The van der Waals surface area contributed by atoms with Crippen molar-refractivity contribution in [3.8, 4) is 0 Å². The maximum atomic E-state index is 14.3. The predicted octanol–water partition coefficient (Wildman–Crippen LogP) is 5.14. The van der Waals surface area contributed by atoms with Gasteiger partial charge in [-0.15, -0.1) is 0 Å². The van der Waals surface area contributed by atoms with Gasteiger partial charge in [-0.2, -0.15) is 48.3 Å². The molecule has 0 amide bonds. The molecule has 0 bridgehead atoms. The third-order valence-corrected chi connectivity index (χ3v) is 5.10. The van der Waals surface area contributed by atoms with Crippen molar-refractivity contribution in [3.63, 3.8) is 0 Å². The fourth-order valence-corrected chi connectivity index (χ4v) is 3.06. The molecule has 1 aromatic rings. The van der Waals surface area contributed by atoms with Crippen LogP contribution in [0.1, 0.15) is 5.56 Å². The van der Waals surface area contributed by atoms with E-state index >= 15 is 0 Å². The second-order valence-corrected chi connectivity index (χ2v) is 7.36. The number of anilines is 1. The first-order chi connectivity index (χ1) is 12.0. The Morgan fingerprint density at radius 1 is 0.786 bits per heavy atom. The van der Waals surface area contributed by atoms with Crippen molar-refractivity contribution < 1.29 is 61.1 Å². The van der Waals surface area contributed by atoms with Crippen LogP contribution in [-0.2, 0) is 15.5 Å². The minimum Gasteiger partial charge on any atom is -0.396 e. The number of sulfone groups is 1. The molecular weight excluding hydrogens is 474 g/mol. The van der Waals surface area contributed by atoms with Crippen molar-refractivity contribution >= 4 is 27.1 Å². The molecule has 1 atom stereocenters. The Morgan fingerprint density at radius 3 is 1.54 bits per heavy atom. The third kappa shape index (κ3) is 3.44. The Hall–Kier alpha value is -1.58. The third-order valence-electron chi connectivity index (χ3n) is 3.26. The van der Waals surface area contributed by atoms with Gasteiger partial charge in [0, 0.05) is 5.56 Å². The van der Waals surface area contributed by atoms with E-state index in [1.165, 1.54) is 0 Å². The Bertz CT molecular complexity index is 873. The monoisotopic (exact) mass is 477 g/mol. The molecule has 3 nitrogen and oxygen atoms in total. The molecule has 0 aliphatic rings. The number of nitrogens with two attached hydrogens (primary N) is 1. The summed E-state index contributed by atoms with van der Waals surface area (Å²) in [6.45, 7) is 0.